The first-order chi connectivity index (χ1) is 14.3. The molecule has 0 amide bonds. The van der Waals surface area contributed by atoms with Gasteiger partial charge in [0.2, 0.25) is 10.0 Å². The SMILES string of the molecule is COc1ccc(N2CCN(CC(O)c3ccc4c(c3)CCN4S(C)(=O)=O)CC2)cc1. The summed E-state index contributed by atoms with van der Waals surface area (Å²) in [5, 5.41) is 10.8. The van der Waals surface area contributed by atoms with Crippen LogP contribution >= 0.6 is 0 Å². The summed E-state index contributed by atoms with van der Waals surface area (Å²) in [4.78, 5) is 4.62. The standard InChI is InChI=1S/C22H29N3O4S/c1-29-20-6-4-19(5-7-20)24-13-11-23(12-14-24)16-22(26)18-3-8-21-17(15-18)9-10-25(21)30(2,27)28/h3-8,15,22,26H,9-14,16H2,1-2H3. The van der Waals surface area contributed by atoms with Crippen molar-refractivity contribution in [2.45, 2.75) is 12.5 Å². The highest BCUT2D eigenvalue weighted by Gasteiger charge is 2.27. The van der Waals surface area contributed by atoms with E-state index in [4.69, 9.17) is 4.74 Å². The first kappa shape index (κ1) is 21.0. The van der Waals surface area contributed by atoms with Crippen molar-refractivity contribution in [3.05, 3.63) is 53.6 Å². The number of aliphatic hydroxyl groups is 1. The van der Waals surface area contributed by atoms with E-state index in [1.807, 2.05) is 30.3 Å². The summed E-state index contributed by atoms with van der Waals surface area (Å²) in [7, 11) is -1.58. The fourth-order valence-electron chi connectivity index (χ4n) is 4.27. The van der Waals surface area contributed by atoms with Gasteiger partial charge in [0.05, 0.1) is 25.2 Å². The third-order valence-corrected chi connectivity index (χ3v) is 7.16. The van der Waals surface area contributed by atoms with Gasteiger partial charge in [0.1, 0.15) is 5.75 Å². The first-order valence-corrected chi connectivity index (χ1v) is 12.1. The molecular formula is C22H29N3O4S. The van der Waals surface area contributed by atoms with Crippen molar-refractivity contribution in [2.75, 3.05) is 61.8 Å². The Balaban J connectivity index is 1.34. The van der Waals surface area contributed by atoms with E-state index in [0.717, 1.165) is 48.7 Å². The van der Waals surface area contributed by atoms with Crippen molar-refractivity contribution < 1.29 is 18.3 Å². The van der Waals surface area contributed by atoms with Gasteiger partial charge in [-0.05, 0) is 47.9 Å². The molecule has 0 aliphatic carbocycles. The van der Waals surface area contributed by atoms with Crippen LogP contribution in [0, 0.1) is 0 Å². The molecule has 0 saturated carbocycles. The van der Waals surface area contributed by atoms with E-state index in [1.165, 1.54) is 16.2 Å². The van der Waals surface area contributed by atoms with E-state index >= 15 is 0 Å². The second kappa shape index (κ2) is 8.45. The monoisotopic (exact) mass is 431 g/mol. The minimum Gasteiger partial charge on any atom is -0.497 e. The number of ether oxygens (including phenoxy) is 1. The number of nitrogens with zero attached hydrogens (tertiary/aromatic N) is 3. The topological polar surface area (TPSA) is 73.3 Å². The molecule has 1 unspecified atom stereocenters. The predicted molar refractivity (Wildman–Crippen MR) is 119 cm³/mol. The maximum Gasteiger partial charge on any atom is 0.232 e. The van der Waals surface area contributed by atoms with Crippen molar-refractivity contribution in [2.24, 2.45) is 0 Å². The van der Waals surface area contributed by atoms with Crippen LogP contribution in [0.3, 0.4) is 0 Å². The normalized spacial score (nSPS) is 18.4. The molecule has 4 rings (SSSR count). The Morgan fingerprint density at radius 1 is 1.03 bits per heavy atom. The van der Waals surface area contributed by atoms with Crippen molar-refractivity contribution in [3.63, 3.8) is 0 Å². The Kier molecular flexibility index (Phi) is 5.90. The quantitative estimate of drug-likeness (QED) is 0.753. The summed E-state index contributed by atoms with van der Waals surface area (Å²) < 4.78 is 30.5. The lowest BCUT2D eigenvalue weighted by Crippen LogP contribution is -2.47. The van der Waals surface area contributed by atoms with Gasteiger partial charge in [-0.15, -0.1) is 0 Å². The highest BCUT2D eigenvalue weighted by Crippen LogP contribution is 2.32. The highest BCUT2D eigenvalue weighted by molar-refractivity contribution is 7.92. The third kappa shape index (κ3) is 4.40. The number of sulfonamides is 1. The molecular weight excluding hydrogens is 402 g/mol. The van der Waals surface area contributed by atoms with Gasteiger partial charge >= 0.3 is 0 Å². The van der Waals surface area contributed by atoms with E-state index in [0.29, 0.717) is 19.5 Å². The molecule has 7 nitrogen and oxygen atoms in total. The lowest BCUT2D eigenvalue weighted by Gasteiger charge is -2.37. The molecule has 162 valence electrons. The zero-order chi connectivity index (χ0) is 21.3. The van der Waals surface area contributed by atoms with E-state index in [-0.39, 0.29) is 0 Å². The van der Waals surface area contributed by atoms with Crippen LogP contribution in [0.1, 0.15) is 17.2 Å². The van der Waals surface area contributed by atoms with Gasteiger partial charge in [0.25, 0.3) is 0 Å². The fourth-order valence-corrected chi connectivity index (χ4v) is 5.23. The Labute approximate surface area is 178 Å². The molecule has 0 spiro atoms. The number of methoxy groups -OCH3 is 1. The molecule has 2 aliphatic rings. The second-order valence-corrected chi connectivity index (χ2v) is 9.88. The number of piperazine rings is 1. The van der Waals surface area contributed by atoms with Crippen LogP contribution in [0.2, 0.25) is 0 Å². The molecule has 2 aromatic rings. The molecule has 1 N–H and O–H groups in total. The van der Waals surface area contributed by atoms with Gasteiger partial charge < -0.3 is 14.7 Å². The summed E-state index contributed by atoms with van der Waals surface area (Å²) in [6.07, 6.45) is 1.33. The molecule has 1 saturated heterocycles. The summed E-state index contributed by atoms with van der Waals surface area (Å²) >= 11 is 0. The number of rotatable bonds is 6. The van der Waals surface area contributed by atoms with Crippen molar-refractivity contribution in [1.29, 1.82) is 0 Å². The van der Waals surface area contributed by atoms with E-state index in [1.54, 1.807) is 7.11 Å². The number of fused-ring (bicyclic) bond motifs is 1. The molecule has 0 aromatic heterocycles. The van der Waals surface area contributed by atoms with Gasteiger partial charge in [0, 0.05) is 45.0 Å². The van der Waals surface area contributed by atoms with Crippen molar-refractivity contribution >= 4 is 21.4 Å². The molecule has 1 atom stereocenters. The number of hydrogen-bond acceptors (Lipinski definition) is 6. The largest absolute Gasteiger partial charge is 0.497 e. The van der Waals surface area contributed by atoms with Crippen LogP contribution in [-0.2, 0) is 16.4 Å². The molecule has 2 heterocycles. The van der Waals surface area contributed by atoms with Gasteiger partial charge in [-0.1, -0.05) is 12.1 Å². The van der Waals surface area contributed by atoms with Crippen LogP contribution in [0.15, 0.2) is 42.5 Å². The number of benzene rings is 2. The average molecular weight is 432 g/mol. The Morgan fingerprint density at radius 2 is 1.73 bits per heavy atom. The maximum atomic E-state index is 11.9. The minimum absolute atomic E-state index is 0.473. The van der Waals surface area contributed by atoms with Gasteiger partial charge in [-0.25, -0.2) is 8.42 Å². The predicted octanol–water partition coefficient (Wildman–Crippen LogP) is 1.87. The molecule has 8 heteroatoms. The number of β-amino-alcohol motifs (C(OH)–C–C–N with tert-alkyl or cyclic N) is 1. The second-order valence-electron chi connectivity index (χ2n) is 7.97. The van der Waals surface area contributed by atoms with E-state index in [9.17, 15) is 13.5 Å². The summed E-state index contributed by atoms with van der Waals surface area (Å²) in [6.45, 7) is 4.64. The summed E-state index contributed by atoms with van der Waals surface area (Å²) in [5.41, 5.74) is 3.76. The highest BCUT2D eigenvalue weighted by atomic mass is 32.2. The van der Waals surface area contributed by atoms with Crippen LogP contribution in [0.5, 0.6) is 5.75 Å². The maximum absolute atomic E-state index is 11.9. The third-order valence-electron chi connectivity index (χ3n) is 5.98. The Hall–Kier alpha value is -2.29. The van der Waals surface area contributed by atoms with Gasteiger partial charge in [-0.3, -0.25) is 9.21 Å². The Morgan fingerprint density at radius 3 is 2.37 bits per heavy atom. The zero-order valence-corrected chi connectivity index (χ0v) is 18.3. The molecule has 0 radical (unpaired) electrons. The smallest absolute Gasteiger partial charge is 0.232 e. The first-order valence-electron chi connectivity index (χ1n) is 10.2. The summed E-state index contributed by atoms with van der Waals surface area (Å²) in [6, 6.07) is 13.7. The number of anilines is 2. The molecule has 30 heavy (non-hydrogen) atoms. The molecule has 2 aliphatic heterocycles. The average Bonchev–Trinajstić information content (AvgIpc) is 3.18. The molecule has 1 fully saturated rings. The molecule has 2 aromatic carbocycles. The lowest BCUT2D eigenvalue weighted by molar-refractivity contribution is 0.109. The Bertz CT molecular complexity index is 986. The zero-order valence-electron chi connectivity index (χ0n) is 17.5. The lowest BCUT2D eigenvalue weighted by atomic mass is 10.0. The minimum atomic E-state index is -3.25. The van der Waals surface area contributed by atoms with E-state index in [2.05, 4.69) is 21.9 Å². The van der Waals surface area contributed by atoms with Gasteiger partial charge in [0.15, 0.2) is 0 Å². The molecule has 0 bridgehead atoms. The van der Waals surface area contributed by atoms with E-state index < -0.39 is 16.1 Å². The fraction of sp³-hybridized carbons (Fsp3) is 0.455. The van der Waals surface area contributed by atoms with Crippen LogP contribution in [0.25, 0.3) is 0 Å². The van der Waals surface area contributed by atoms with Gasteiger partial charge in [-0.2, -0.15) is 0 Å². The van der Waals surface area contributed by atoms with Crippen LogP contribution < -0.4 is 13.9 Å². The van der Waals surface area contributed by atoms with Crippen molar-refractivity contribution in [1.82, 2.24) is 4.90 Å². The summed E-state index contributed by atoms with van der Waals surface area (Å²) in [5.74, 6) is 0.856. The number of hydrogen-bond donors (Lipinski definition) is 1. The van der Waals surface area contributed by atoms with Crippen molar-refractivity contribution in [3.8, 4) is 5.75 Å². The van der Waals surface area contributed by atoms with Crippen LogP contribution in [0.4, 0.5) is 11.4 Å². The number of aliphatic hydroxyl groups excluding tert-OH is 1. The van der Waals surface area contributed by atoms with Crippen LogP contribution in [-0.4, -0.2) is 71.1 Å².